The number of nitrogens with zero attached hydrogens (tertiary/aromatic N) is 3. The molecular formula is C26H28FN3O3S. The number of amides is 1. The first-order valence-corrected chi connectivity index (χ1v) is 13.1. The molecule has 0 saturated carbocycles. The van der Waals surface area contributed by atoms with Gasteiger partial charge in [-0.05, 0) is 62.1 Å². The number of para-hydroxylation sites is 1. The van der Waals surface area contributed by atoms with Crippen LogP contribution in [0.5, 0.6) is 0 Å². The number of carbonyl (C=O) groups excluding carboxylic acids is 1. The number of rotatable bonds is 5. The number of sulfonamides is 1. The SMILES string of the molecule is Cc1c(C2=CCN(S(=O)(=O)c3ccc(F)cc3)CC2)c2ccccc2n1CC(=O)N1CCCC1. The van der Waals surface area contributed by atoms with E-state index in [0.29, 0.717) is 19.5 Å². The van der Waals surface area contributed by atoms with Crippen molar-refractivity contribution in [3.63, 3.8) is 0 Å². The maximum Gasteiger partial charge on any atom is 0.243 e. The van der Waals surface area contributed by atoms with Gasteiger partial charge in [0.1, 0.15) is 12.4 Å². The summed E-state index contributed by atoms with van der Waals surface area (Å²) in [6.07, 6.45) is 4.65. The van der Waals surface area contributed by atoms with Gasteiger partial charge in [-0.2, -0.15) is 4.31 Å². The van der Waals surface area contributed by atoms with E-state index in [1.54, 1.807) is 0 Å². The molecule has 1 saturated heterocycles. The predicted molar refractivity (Wildman–Crippen MR) is 130 cm³/mol. The van der Waals surface area contributed by atoms with Gasteiger partial charge in [0.15, 0.2) is 0 Å². The summed E-state index contributed by atoms with van der Waals surface area (Å²) in [6, 6.07) is 13.0. The Hall–Kier alpha value is -2.97. The largest absolute Gasteiger partial charge is 0.341 e. The van der Waals surface area contributed by atoms with E-state index in [2.05, 4.69) is 10.6 Å². The van der Waals surface area contributed by atoms with E-state index in [0.717, 1.165) is 53.7 Å². The molecule has 0 aliphatic carbocycles. The van der Waals surface area contributed by atoms with Crippen molar-refractivity contribution in [2.24, 2.45) is 0 Å². The van der Waals surface area contributed by atoms with E-state index >= 15 is 0 Å². The lowest BCUT2D eigenvalue weighted by Gasteiger charge is -2.26. The van der Waals surface area contributed by atoms with Crippen molar-refractivity contribution in [2.45, 2.75) is 37.6 Å². The summed E-state index contributed by atoms with van der Waals surface area (Å²) in [5.74, 6) is -0.322. The Morgan fingerprint density at radius 1 is 1.00 bits per heavy atom. The molecule has 2 aromatic carbocycles. The molecule has 3 heterocycles. The van der Waals surface area contributed by atoms with Gasteiger partial charge in [0.25, 0.3) is 0 Å². The number of benzene rings is 2. The number of fused-ring (bicyclic) bond motifs is 1. The Balaban J connectivity index is 1.45. The van der Waals surface area contributed by atoms with Crippen LogP contribution in [0.15, 0.2) is 59.5 Å². The van der Waals surface area contributed by atoms with Crippen LogP contribution in [0, 0.1) is 12.7 Å². The van der Waals surface area contributed by atoms with Gasteiger partial charge in [0.2, 0.25) is 15.9 Å². The second kappa shape index (κ2) is 9.00. The Labute approximate surface area is 199 Å². The van der Waals surface area contributed by atoms with Gasteiger partial charge < -0.3 is 9.47 Å². The summed E-state index contributed by atoms with van der Waals surface area (Å²) in [7, 11) is -3.69. The molecule has 0 bridgehead atoms. The Kier molecular flexibility index (Phi) is 6.04. The van der Waals surface area contributed by atoms with Crippen LogP contribution in [0.4, 0.5) is 4.39 Å². The van der Waals surface area contributed by atoms with Crippen LogP contribution in [-0.4, -0.2) is 54.3 Å². The lowest BCUT2D eigenvalue weighted by Crippen LogP contribution is -2.34. The second-order valence-electron chi connectivity index (χ2n) is 8.95. The van der Waals surface area contributed by atoms with Gasteiger partial charge in [0.05, 0.1) is 4.90 Å². The fourth-order valence-electron chi connectivity index (χ4n) is 5.09. The van der Waals surface area contributed by atoms with E-state index in [1.165, 1.54) is 28.6 Å². The fourth-order valence-corrected chi connectivity index (χ4v) is 6.47. The lowest BCUT2D eigenvalue weighted by molar-refractivity contribution is -0.130. The van der Waals surface area contributed by atoms with Crippen LogP contribution in [0.1, 0.15) is 30.5 Å². The molecule has 0 atom stereocenters. The highest BCUT2D eigenvalue weighted by atomic mass is 32.2. The van der Waals surface area contributed by atoms with Gasteiger partial charge in [-0.3, -0.25) is 4.79 Å². The average molecular weight is 482 g/mol. The number of carbonyl (C=O) groups is 1. The molecule has 2 aliphatic rings. The first-order valence-electron chi connectivity index (χ1n) is 11.7. The molecule has 0 radical (unpaired) electrons. The van der Waals surface area contributed by atoms with Crippen LogP contribution in [0.25, 0.3) is 16.5 Å². The molecule has 8 heteroatoms. The smallest absolute Gasteiger partial charge is 0.243 e. The number of aromatic nitrogens is 1. The Morgan fingerprint density at radius 2 is 1.71 bits per heavy atom. The lowest BCUT2D eigenvalue weighted by atomic mass is 9.97. The normalized spacial score (nSPS) is 17.4. The molecule has 34 heavy (non-hydrogen) atoms. The van der Waals surface area contributed by atoms with E-state index < -0.39 is 15.8 Å². The van der Waals surface area contributed by atoms with Crippen molar-refractivity contribution in [2.75, 3.05) is 26.2 Å². The van der Waals surface area contributed by atoms with E-state index in [9.17, 15) is 17.6 Å². The number of hydrogen-bond acceptors (Lipinski definition) is 3. The Bertz CT molecular complexity index is 1370. The minimum atomic E-state index is -3.69. The third-order valence-corrected chi connectivity index (χ3v) is 8.81. The zero-order valence-corrected chi connectivity index (χ0v) is 20.0. The highest BCUT2D eigenvalue weighted by Crippen LogP contribution is 2.35. The van der Waals surface area contributed by atoms with Gasteiger partial charge in [-0.15, -0.1) is 0 Å². The van der Waals surface area contributed by atoms with E-state index in [4.69, 9.17) is 0 Å². The Morgan fingerprint density at radius 3 is 2.38 bits per heavy atom. The fraction of sp³-hybridized carbons (Fsp3) is 0.346. The zero-order chi connectivity index (χ0) is 23.9. The zero-order valence-electron chi connectivity index (χ0n) is 19.2. The average Bonchev–Trinajstić information content (AvgIpc) is 3.47. The molecule has 1 fully saturated rings. The minimum absolute atomic E-state index is 0.0963. The molecule has 178 valence electrons. The molecule has 6 nitrogen and oxygen atoms in total. The number of halogens is 1. The summed E-state index contributed by atoms with van der Waals surface area (Å²) in [5.41, 5.74) is 4.22. The van der Waals surface area contributed by atoms with Crippen molar-refractivity contribution in [3.05, 3.63) is 71.7 Å². The highest BCUT2D eigenvalue weighted by Gasteiger charge is 2.28. The summed E-state index contributed by atoms with van der Waals surface area (Å²) in [6.45, 7) is 4.60. The van der Waals surface area contributed by atoms with Crippen molar-refractivity contribution in [1.29, 1.82) is 0 Å². The number of hydrogen-bond donors (Lipinski definition) is 0. The first kappa shape index (κ1) is 22.8. The molecule has 3 aromatic rings. The summed E-state index contributed by atoms with van der Waals surface area (Å²) >= 11 is 0. The minimum Gasteiger partial charge on any atom is -0.341 e. The maximum absolute atomic E-state index is 13.2. The standard InChI is InChI=1S/C26H28FN3O3S/c1-19-26(20-12-16-29(17-13-20)34(32,33)22-10-8-21(27)9-11-22)23-6-2-3-7-24(23)30(19)18-25(31)28-14-4-5-15-28/h2-3,6-12H,4-5,13-18H2,1H3. The van der Waals surface area contributed by atoms with Gasteiger partial charge in [-0.1, -0.05) is 24.3 Å². The molecular weight excluding hydrogens is 453 g/mol. The second-order valence-corrected chi connectivity index (χ2v) is 10.9. The maximum atomic E-state index is 13.2. The third kappa shape index (κ3) is 4.05. The van der Waals surface area contributed by atoms with Crippen molar-refractivity contribution in [1.82, 2.24) is 13.8 Å². The molecule has 0 N–H and O–H groups in total. The molecule has 0 spiro atoms. The van der Waals surface area contributed by atoms with Crippen molar-refractivity contribution < 1.29 is 17.6 Å². The van der Waals surface area contributed by atoms with Crippen molar-refractivity contribution in [3.8, 4) is 0 Å². The van der Waals surface area contributed by atoms with Crippen LogP contribution >= 0.6 is 0 Å². The van der Waals surface area contributed by atoms with Gasteiger partial charge in [0, 0.05) is 48.3 Å². The quantitative estimate of drug-likeness (QED) is 0.549. The molecule has 5 rings (SSSR count). The first-order chi connectivity index (χ1) is 16.4. The van der Waals surface area contributed by atoms with E-state index in [1.807, 2.05) is 36.1 Å². The summed E-state index contributed by atoms with van der Waals surface area (Å²) < 4.78 is 42.8. The monoisotopic (exact) mass is 481 g/mol. The molecule has 1 amide bonds. The van der Waals surface area contributed by atoms with Gasteiger partial charge >= 0.3 is 0 Å². The molecule has 1 aromatic heterocycles. The van der Waals surface area contributed by atoms with Gasteiger partial charge in [-0.25, -0.2) is 12.8 Å². The summed E-state index contributed by atoms with van der Waals surface area (Å²) in [4.78, 5) is 14.9. The number of likely N-dealkylation sites (tertiary alicyclic amines) is 1. The van der Waals surface area contributed by atoms with Crippen LogP contribution in [-0.2, 0) is 21.4 Å². The van der Waals surface area contributed by atoms with Crippen LogP contribution < -0.4 is 0 Å². The third-order valence-electron chi connectivity index (χ3n) is 6.93. The highest BCUT2D eigenvalue weighted by molar-refractivity contribution is 7.89. The van der Waals surface area contributed by atoms with Crippen LogP contribution in [0.2, 0.25) is 0 Å². The van der Waals surface area contributed by atoms with Crippen molar-refractivity contribution >= 4 is 32.4 Å². The molecule has 2 aliphatic heterocycles. The predicted octanol–water partition coefficient (Wildman–Crippen LogP) is 4.19. The van der Waals surface area contributed by atoms with E-state index in [-0.39, 0.29) is 17.3 Å². The summed E-state index contributed by atoms with van der Waals surface area (Å²) in [5, 5.41) is 1.08. The topological polar surface area (TPSA) is 62.6 Å². The van der Waals surface area contributed by atoms with Crippen LogP contribution in [0.3, 0.4) is 0 Å². The molecule has 0 unspecified atom stereocenters.